The highest BCUT2D eigenvalue weighted by Gasteiger charge is 2.51. The molecule has 0 radical (unpaired) electrons. The Morgan fingerprint density at radius 2 is 1.67 bits per heavy atom. The molecule has 5 fully saturated rings. The van der Waals surface area contributed by atoms with Crippen molar-refractivity contribution in [1.82, 2.24) is 19.6 Å². The molecule has 4 aliphatic carbocycles. The fraction of sp³-hybridized carbons (Fsp3) is 0.538. The van der Waals surface area contributed by atoms with E-state index in [0.717, 1.165) is 70.8 Å². The van der Waals surface area contributed by atoms with Gasteiger partial charge < -0.3 is 19.5 Å². The third-order valence-electron chi connectivity index (χ3n) is 8.68. The van der Waals surface area contributed by atoms with E-state index in [1.165, 1.54) is 38.5 Å². The molecule has 7 heteroatoms. The Kier molecular flexibility index (Phi) is 4.49. The van der Waals surface area contributed by atoms with E-state index in [1.54, 1.807) is 0 Å². The molecule has 1 saturated heterocycles. The summed E-state index contributed by atoms with van der Waals surface area (Å²) in [6, 6.07) is 10.6. The summed E-state index contributed by atoms with van der Waals surface area (Å²) in [6.07, 6.45) is 9.91. The summed E-state index contributed by atoms with van der Waals surface area (Å²) in [5, 5.41) is 3.55. The number of anilines is 1. The number of carbonyl (C=O) groups is 1. The van der Waals surface area contributed by atoms with E-state index < -0.39 is 0 Å². The van der Waals surface area contributed by atoms with Crippen molar-refractivity contribution in [2.24, 2.45) is 17.8 Å². The van der Waals surface area contributed by atoms with Gasteiger partial charge in [0, 0.05) is 42.4 Å². The first kappa shape index (κ1) is 20.1. The average Bonchev–Trinajstić information content (AvgIpc) is 3.27. The molecular formula is C26H30BrN5O. The molecule has 5 aliphatic rings. The first-order valence-electron chi connectivity index (χ1n) is 12.4. The molecule has 4 saturated carbocycles. The van der Waals surface area contributed by atoms with Crippen LogP contribution in [0.4, 0.5) is 10.6 Å². The predicted octanol–water partition coefficient (Wildman–Crippen LogP) is 5.05. The van der Waals surface area contributed by atoms with Crippen molar-refractivity contribution in [3.63, 3.8) is 0 Å². The van der Waals surface area contributed by atoms with Gasteiger partial charge in [0.05, 0.1) is 16.6 Å². The number of urea groups is 1. The van der Waals surface area contributed by atoms with E-state index in [2.05, 4.69) is 67.1 Å². The Bertz CT molecular complexity index is 1210. The molecule has 2 aromatic heterocycles. The summed E-state index contributed by atoms with van der Waals surface area (Å²) in [7, 11) is 0. The van der Waals surface area contributed by atoms with E-state index >= 15 is 0 Å². The summed E-state index contributed by atoms with van der Waals surface area (Å²) < 4.78 is 3.25. The SMILES string of the molecule is O=C(NC12CC3CC(CC(C3)C1)C2)N1CCN(c2nc3cc(Br)ccc3n3cccc23)CC1. The second-order valence-electron chi connectivity index (χ2n) is 10.9. The summed E-state index contributed by atoms with van der Waals surface area (Å²) in [6.45, 7) is 3.09. The van der Waals surface area contributed by atoms with E-state index in [4.69, 9.17) is 4.98 Å². The number of hydrogen-bond acceptors (Lipinski definition) is 3. The van der Waals surface area contributed by atoms with E-state index in [1.807, 2.05) is 4.90 Å². The minimum absolute atomic E-state index is 0.0777. The van der Waals surface area contributed by atoms with Crippen LogP contribution >= 0.6 is 15.9 Å². The Hall–Kier alpha value is -2.28. The normalized spacial score (nSPS) is 31.0. The van der Waals surface area contributed by atoms with Crippen LogP contribution in [0.3, 0.4) is 0 Å². The van der Waals surface area contributed by atoms with Crippen molar-refractivity contribution in [2.45, 2.75) is 44.1 Å². The highest BCUT2D eigenvalue weighted by Crippen LogP contribution is 2.55. The molecule has 0 unspecified atom stereocenters. The van der Waals surface area contributed by atoms with Gasteiger partial charge in [0.25, 0.3) is 0 Å². The molecule has 1 aromatic carbocycles. The van der Waals surface area contributed by atoms with Crippen molar-refractivity contribution >= 4 is 44.3 Å². The molecule has 6 nitrogen and oxygen atoms in total. The maximum Gasteiger partial charge on any atom is 0.317 e. The lowest BCUT2D eigenvalue weighted by Crippen LogP contribution is -2.63. The van der Waals surface area contributed by atoms with Crippen molar-refractivity contribution in [1.29, 1.82) is 0 Å². The van der Waals surface area contributed by atoms with Gasteiger partial charge in [-0.1, -0.05) is 15.9 Å². The number of piperazine rings is 1. The second-order valence-corrected chi connectivity index (χ2v) is 11.8. The molecule has 0 spiro atoms. The van der Waals surface area contributed by atoms with Crippen LogP contribution in [0.2, 0.25) is 0 Å². The first-order chi connectivity index (χ1) is 16.1. The van der Waals surface area contributed by atoms with Crippen molar-refractivity contribution < 1.29 is 4.79 Å². The van der Waals surface area contributed by atoms with Gasteiger partial charge in [-0.25, -0.2) is 9.78 Å². The molecule has 4 bridgehead atoms. The van der Waals surface area contributed by atoms with Gasteiger partial charge in [0.15, 0.2) is 5.82 Å². The van der Waals surface area contributed by atoms with Gasteiger partial charge in [-0.3, -0.25) is 0 Å². The van der Waals surface area contributed by atoms with Crippen molar-refractivity contribution in [2.75, 3.05) is 31.1 Å². The Balaban J connectivity index is 1.08. The number of carbonyl (C=O) groups excluding carboxylic acids is 1. The first-order valence-corrected chi connectivity index (χ1v) is 13.2. The number of amides is 2. The molecule has 172 valence electrons. The zero-order chi connectivity index (χ0) is 22.2. The van der Waals surface area contributed by atoms with Crippen LogP contribution in [0.5, 0.6) is 0 Å². The van der Waals surface area contributed by atoms with E-state index in [9.17, 15) is 4.79 Å². The Morgan fingerprint density at radius 1 is 0.970 bits per heavy atom. The largest absolute Gasteiger partial charge is 0.351 e. The third kappa shape index (κ3) is 3.34. The van der Waals surface area contributed by atoms with Gasteiger partial charge in [-0.2, -0.15) is 0 Å². The van der Waals surface area contributed by atoms with E-state index in [-0.39, 0.29) is 11.6 Å². The maximum atomic E-state index is 13.3. The topological polar surface area (TPSA) is 52.9 Å². The van der Waals surface area contributed by atoms with Gasteiger partial charge >= 0.3 is 6.03 Å². The number of nitrogens with one attached hydrogen (secondary N) is 1. The van der Waals surface area contributed by atoms with Crippen molar-refractivity contribution in [3.8, 4) is 0 Å². The third-order valence-corrected chi connectivity index (χ3v) is 9.17. The lowest BCUT2D eigenvalue weighted by molar-refractivity contribution is -0.0157. The Labute approximate surface area is 202 Å². The number of benzene rings is 1. The predicted molar refractivity (Wildman–Crippen MR) is 134 cm³/mol. The van der Waals surface area contributed by atoms with Crippen LogP contribution in [-0.4, -0.2) is 52.0 Å². The van der Waals surface area contributed by atoms with Crippen molar-refractivity contribution in [3.05, 3.63) is 41.0 Å². The Morgan fingerprint density at radius 3 is 2.36 bits per heavy atom. The molecule has 1 aliphatic heterocycles. The lowest BCUT2D eigenvalue weighted by atomic mass is 9.53. The molecule has 2 amide bonds. The fourth-order valence-electron chi connectivity index (χ4n) is 7.66. The number of fused-ring (bicyclic) bond motifs is 3. The molecule has 1 N–H and O–H groups in total. The minimum atomic E-state index is 0.0777. The number of rotatable bonds is 2. The standard InChI is InChI=1S/C26H30BrN5O/c27-20-3-4-22-21(13-20)28-24(23-2-1-5-32(22)23)30-6-8-31(9-7-30)25(33)29-26-14-17-10-18(15-26)12-19(11-17)16-26/h1-5,13,17-19H,6-12,14-16H2,(H,29,33). The van der Waals surface area contributed by atoms with Crippen LogP contribution in [0.15, 0.2) is 41.0 Å². The second kappa shape index (κ2) is 7.36. The van der Waals surface area contributed by atoms with Crippen LogP contribution in [0, 0.1) is 17.8 Å². The quantitative estimate of drug-likeness (QED) is 0.527. The van der Waals surface area contributed by atoms with Gasteiger partial charge in [0.2, 0.25) is 0 Å². The highest BCUT2D eigenvalue weighted by molar-refractivity contribution is 9.10. The minimum Gasteiger partial charge on any atom is -0.351 e. The average molecular weight is 508 g/mol. The van der Waals surface area contributed by atoms with Crippen LogP contribution in [0.1, 0.15) is 38.5 Å². The zero-order valence-electron chi connectivity index (χ0n) is 18.8. The van der Waals surface area contributed by atoms with Crippen LogP contribution in [-0.2, 0) is 0 Å². The number of halogens is 1. The van der Waals surface area contributed by atoms with E-state index in [0.29, 0.717) is 0 Å². The number of hydrogen-bond donors (Lipinski definition) is 1. The van der Waals surface area contributed by atoms with Gasteiger partial charge in [-0.15, -0.1) is 0 Å². The number of aromatic nitrogens is 2. The molecule has 0 atom stereocenters. The fourth-order valence-corrected chi connectivity index (χ4v) is 8.01. The molecule has 8 rings (SSSR count). The monoisotopic (exact) mass is 507 g/mol. The van der Waals surface area contributed by atoms with Gasteiger partial charge in [0.1, 0.15) is 0 Å². The zero-order valence-corrected chi connectivity index (χ0v) is 20.4. The smallest absolute Gasteiger partial charge is 0.317 e. The summed E-state index contributed by atoms with van der Waals surface area (Å²) in [5.41, 5.74) is 3.28. The molecule has 33 heavy (non-hydrogen) atoms. The molecule has 3 heterocycles. The maximum absolute atomic E-state index is 13.3. The summed E-state index contributed by atoms with van der Waals surface area (Å²) in [5.74, 6) is 3.54. The van der Waals surface area contributed by atoms with Gasteiger partial charge in [-0.05, 0) is 86.6 Å². The molecule has 3 aromatic rings. The summed E-state index contributed by atoms with van der Waals surface area (Å²) >= 11 is 3.58. The van der Waals surface area contributed by atoms with Crippen LogP contribution in [0.25, 0.3) is 16.6 Å². The lowest BCUT2D eigenvalue weighted by Gasteiger charge is -2.57. The molecular weight excluding hydrogens is 478 g/mol. The highest BCUT2D eigenvalue weighted by atomic mass is 79.9. The number of nitrogens with zero attached hydrogens (tertiary/aromatic N) is 4. The van der Waals surface area contributed by atoms with Crippen LogP contribution < -0.4 is 10.2 Å². The summed E-state index contributed by atoms with van der Waals surface area (Å²) in [4.78, 5) is 22.7.